The fraction of sp³-hybridized carbons (Fsp3) is 0.500. The molecule has 1 aromatic rings. The molecule has 1 aromatic carbocycles. The van der Waals surface area contributed by atoms with E-state index in [0.29, 0.717) is 0 Å². The van der Waals surface area contributed by atoms with Crippen molar-refractivity contribution in [3.63, 3.8) is 0 Å². The van der Waals surface area contributed by atoms with Crippen molar-refractivity contribution < 1.29 is 4.84 Å². The first-order valence-corrected chi connectivity index (χ1v) is 6.62. The highest BCUT2D eigenvalue weighted by Crippen LogP contribution is 2.27. The topological polar surface area (TPSA) is 36.9 Å². The largest absolute Gasteiger partial charge is 0.388 e. The average molecular weight is 247 g/mol. The second kappa shape index (κ2) is 6.52. The third kappa shape index (κ3) is 3.09. The Hall–Kier alpha value is -1.39. The van der Waals surface area contributed by atoms with Crippen LogP contribution < -0.4 is 5.32 Å². The van der Waals surface area contributed by atoms with Crippen LogP contribution in [0, 0.1) is 0 Å². The molecule has 18 heavy (non-hydrogen) atoms. The monoisotopic (exact) mass is 247 g/mol. The van der Waals surface area contributed by atoms with Crippen molar-refractivity contribution in [2.45, 2.75) is 26.4 Å². The first-order valence-electron chi connectivity index (χ1n) is 6.62. The number of nitrogens with zero attached hydrogens (tertiary/aromatic N) is 2. The quantitative estimate of drug-likeness (QED) is 0.784. The van der Waals surface area contributed by atoms with Gasteiger partial charge in [0, 0.05) is 19.5 Å². The Balaban J connectivity index is 2.03. The molecule has 1 N–H and O–H groups in total. The Labute approximate surface area is 109 Å². The van der Waals surface area contributed by atoms with Crippen molar-refractivity contribution in [1.29, 1.82) is 0 Å². The van der Waals surface area contributed by atoms with Gasteiger partial charge in [-0.05, 0) is 19.0 Å². The fourth-order valence-corrected chi connectivity index (χ4v) is 2.00. The second-order valence-corrected chi connectivity index (χ2v) is 4.24. The summed E-state index contributed by atoms with van der Waals surface area (Å²) < 4.78 is 0. The molecule has 0 aromatic heterocycles. The van der Waals surface area contributed by atoms with Crippen molar-refractivity contribution in [2.75, 3.05) is 19.6 Å². The molecule has 0 radical (unpaired) electrons. The lowest BCUT2D eigenvalue weighted by molar-refractivity contribution is -0.0815. The first-order chi connectivity index (χ1) is 8.85. The molecular formula is C14H21N3O. The van der Waals surface area contributed by atoms with E-state index < -0.39 is 0 Å². The van der Waals surface area contributed by atoms with Gasteiger partial charge < -0.3 is 10.2 Å². The highest BCUT2D eigenvalue weighted by atomic mass is 16.7. The van der Waals surface area contributed by atoms with Gasteiger partial charge in [0.25, 0.3) is 0 Å². The van der Waals surface area contributed by atoms with Crippen molar-refractivity contribution in [3.8, 4) is 0 Å². The van der Waals surface area contributed by atoms with Crippen LogP contribution in [0.4, 0.5) is 0 Å². The van der Waals surface area contributed by atoms with Crippen LogP contribution in [0.1, 0.15) is 32.0 Å². The molecule has 1 heterocycles. The molecule has 0 unspecified atom stereocenters. The van der Waals surface area contributed by atoms with Gasteiger partial charge in [-0.25, -0.2) is 4.99 Å². The molecule has 4 nitrogen and oxygen atoms in total. The Morgan fingerprint density at radius 3 is 2.72 bits per heavy atom. The number of hydrogen-bond donors (Lipinski definition) is 1. The van der Waals surface area contributed by atoms with E-state index in [1.54, 1.807) is 0 Å². The molecule has 0 amide bonds. The highest BCUT2D eigenvalue weighted by molar-refractivity contribution is 5.77. The van der Waals surface area contributed by atoms with E-state index in [4.69, 9.17) is 4.84 Å². The van der Waals surface area contributed by atoms with Gasteiger partial charge in [0.15, 0.2) is 6.17 Å². The zero-order chi connectivity index (χ0) is 12.8. The third-order valence-corrected chi connectivity index (χ3v) is 2.94. The summed E-state index contributed by atoms with van der Waals surface area (Å²) in [5, 5.41) is 5.21. The summed E-state index contributed by atoms with van der Waals surface area (Å²) in [5.41, 5.74) is 1.18. The fourth-order valence-electron chi connectivity index (χ4n) is 2.00. The first kappa shape index (κ1) is 13.1. The molecule has 1 atom stereocenters. The van der Waals surface area contributed by atoms with Gasteiger partial charge in [0.05, 0.1) is 0 Å². The molecule has 0 aliphatic carbocycles. The van der Waals surface area contributed by atoms with E-state index in [1.807, 2.05) is 23.3 Å². The number of rotatable bonds is 6. The molecule has 1 aliphatic rings. The molecule has 0 bridgehead atoms. The second-order valence-electron chi connectivity index (χ2n) is 4.24. The number of hydroxylamine groups is 2. The molecule has 2 rings (SSSR count). The highest BCUT2D eigenvalue weighted by Gasteiger charge is 2.27. The molecule has 0 spiro atoms. The van der Waals surface area contributed by atoms with Crippen LogP contribution in [0.5, 0.6) is 0 Å². The molecule has 0 saturated heterocycles. The normalized spacial score (nSPS) is 19.7. The minimum Gasteiger partial charge on any atom is -0.388 e. The van der Waals surface area contributed by atoms with E-state index in [0.717, 1.165) is 32.0 Å². The Bertz CT molecular complexity index is 391. The molecule has 4 heteroatoms. The maximum absolute atomic E-state index is 5.77. The summed E-state index contributed by atoms with van der Waals surface area (Å²) in [6.45, 7) is 6.90. The maximum atomic E-state index is 5.77. The standard InChI is InChI=1S/C14H21N3O/c1-3-15-11-10-13-16-14(17(4-2)18-13)12-8-6-5-7-9-12/h5-9,14-15H,3-4,10-11H2,1-2H3/t14-/m1/s1. The molecular weight excluding hydrogens is 226 g/mol. The predicted molar refractivity (Wildman–Crippen MR) is 73.2 cm³/mol. The van der Waals surface area contributed by atoms with Gasteiger partial charge >= 0.3 is 0 Å². The number of benzene rings is 1. The SMILES string of the molecule is CCNCCC1=N[C@@H](c2ccccc2)N(CC)O1. The molecule has 98 valence electrons. The van der Waals surface area contributed by atoms with Gasteiger partial charge in [0.2, 0.25) is 5.90 Å². The van der Waals surface area contributed by atoms with Crippen molar-refractivity contribution in [3.05, 3.63) is 35.9 Å². The van der Waals surface area contributed by atoms with Crippen LogP contribution >= 0.6 is 0 Å². The van der Waals surface area contributed by atoms with Gasteiger partial charge in [-0.3, -0.25) is 0 Å². The van der Waals surface area contributed by atoms with E-state index in [2.05, 4.69) is 36.3 Å². The lowest BCUT2D eigenvalue weighted by Gasteiger charge is -2.19. The smallest absolute Gasteiger partial charge is 0.213 e. The summed E-state index contributed by atoms with van der Waals surface area (Å²) in [6.07, 6.45) is 0.848. The summed E-state index contributed by atoms with van der Waals surface area (Å²) in [5.74, 6) is 0.826. The van der Waals surface area contributed by atoms with Crippen molar-refractivity contribution >= 4 is 5.90 Å². The minimum absolute atomic E-state index is 0.00725. The van der Waals surface area contributed by atoms with Crippen LogP contribution in [0.3, 0.4) is 0 Å². The average Bonchev–Trinajstić information content (AvgIpc) is 2.83. The minimum atomic E-state index is 0.00725. The van der Waals surface area contributed by atoms with Crippen LogP contribution in [0.25, 0.3) is 0 Å². The zero-order valence-electron chi connectivity index (χ0n) is 11.1. The molecule has 0 saturated carbocycles. The van der Waals surface area contributed by atoms with Gasteiger partial charge in [-0.1, -0.05) is 37.3 Å². The van der Waals surface area contributed by atoms with Gasteiger partial charge in [-0.2, -0.15) is 0 Å². The number of nitrogens with one attached hydrogen (secondary N) is 1. The molecule has 0 fully saturated rings. The lowest BCUT2D eigenvalue weighted by Crippen LogP contribution is -2.24. The van der Waals surface area contributed by atoms with E-state index >= 15 is 0 Å². The lowest BCUT2D eigenvalue weighted by atomic mass is 10.2. The zero-order valence-corrected chi connectivity index (χ0v) is 11.1. The Kier molecular flexibility index (Phi) is 4.73. The van der Waals surface area contributed by atoms with E-state index in [9.17, 15) is 0 Å². The number of hydrogen-bond acceptors (Lipinski definition) is 4. The Morgan fingerprint density at radius 1 is 1.28 bits per heavy atom. The summed E-state index contributed by atoms with van der Waals surface area (Å²) in [6, 6.07) is 10.3. The van der Waals surface area contributed by atoms with Crippen molar-refractivity contribution in [1.82, 2.24) is 10.4 Å². The third-order valence-electron chi connectivity index (χ3n) is 2.94. The van der Waals surface area contributed by atoms with Crippen LogP contribution in [0.2, 0.25) is 0 Å². The van der Waals surface area contributed by atoms with Gasteiger partial charge in [0.1, 0.15) is 0 Å². The number of aliphatic imine (C=N–C) groups is 1. The van der Waals surface area contributed by atoms with Crippen molar-refractivity contribution in [2.24, 2.45) is 4.99 Å². The van der Waals surface area contributed by atoms with Crippen LogP contribution in [-0.4, -0.2) is 30.6 Å². The van der Waals surface area contributed by atoms with Gasteiger partial charge in [-0.15, -0.1) is 5.06 Å². The predicted octanol–water partition coefficient (Wildman–Crippen LogP) is 2.35. The Morgan fingerprint density at radius 2 is 2.06 bits per heavy atom. The summed E-state index contributed by atoms with van der Waals surface area (Å²) in [7, 11) is 0. The van der Waals surface area contributed by atoms with Crippen LogP contribution in [-0.2, 0) is 4.84 Å². The summed E-state index contributed by atoms with van der Waals surface area (Å²) >= 11 is 0. The van der Waals surface area contributed by atoms with E-state index in [1.165, 1.54) is 5.56 Å². The summed E-state index contributed by atoms with van der Waals surface area (Å²) in [4.78, 5) is 10.4. The van der Waals surface area contributed by atoms with Crippen LogP contribution in [0.15, 0.2) is 35.3 Å². The molecule has 1 aliphatic heterocycles. The van der Waals surface area contributed by atoms with E-state index in [-0.39, 0.29) is 6.17 Å². The maximum Gasteiger partial charge on any atom is 0.213 e.